The smallest absolute Gasteiger partial charge is 0.227 e. The van der Waals surface area contributed by atoms with E-state index in [4.69, 9.17) is 0 Å². The second kappa shape index (κ2) is 2.79. The number of allylic oxidation sites excluding steroid dienone is 2. The van der Waals surface area contributed by atoms with Crippen molar-refractivity contribution in [2.75, 3.05) is 12.3 Å². The van der Waals surface area contributed by atoms with Crippen LogP contribution in [-0.4, -0.2) is 23.9 Å². The van der Waals surface area contributed by atoms with Gasteiger partial charge < -0.3 is 5.32 Å². The number of hydrogen-bond acceptors (Lipinski definition) is 4. The summed E-state index contributed by atoms with van der Waals surface area (Å²) >= 11 is 1.61. The average molecular weight is 181 g/mol. The molecule has 0 aromatic heterocycles. The van der Waals surface area contributed by atoms with Crippen molar-refractivity contribution < 1.29 is 9.59 Å². The van der Waals surface area contributed by atoms with E-state index in [0.717, 1.165) is 22.9 Å². The lowest BCUT2D eigenvalue weighted by Gasteiger charge is -2.21. The Labute approximate surface area is 73.9 Å². The molecular formula is C8H7NO2S. The van der Waals surface area contributed by atoms with Crippen molar-refractivity contribution in [2.45, 2.75) is 0 Å². The van der Waals surface area contributed by atoms with Gasteiger partial charge in [0.05, 0.1) is 5.70 Å². The predicted octanol–water partition coefficient (Wildman–Crippen LogP) is 0.242. The Morgan fingerprint density at radius 2 is 2.00 bits per heavy atom. The lowest BCUT2D eigenvalue weighted by molar-refractivity contribution is -0.131. The number of hydrogen-bond donors (Lipinski definition) is 1. The van der Waals surface area contributed by atoms with Gasteiger partial charge in [0.1, 0.15) is 0 Å². The summed E-state index contributed by atoms with van der Waals surface area (Å²) in [5.74, 6) is 0.110. The van der Waals surface area contributed by atoms with Crippen LogP contribution in [0.3, 0.4) is 0 Å². The van der Waals surface area contributed by atoms with Crippen molar-refractivity contribution in [3.8, 4) is 0 Å². The molecule has 4 heteroatoms. The fourth-order valence-corrected chi connectivity index (χ4v) is 2.05. The third-order valence-electron chi connectivity index (χ3n) is 1.72. The maximum atomic E-state index is 10.9. The van der Waals surface area contributed by atoms with E-state index >= 15 is 0 Å². The van der Waals surface area contributed by atoms with Crippen molar-refractivity contribution >= 4 is 23.3 Å². The first-order chi connectivity index (χ1) is 5.77. The van der Waals surface area contributed by atoms with Gasteiger partial charge in [-0.15, -0.1) is 11.8 Å². The first-order valence-electron chi connectivity index (χ1n) is 3.66. The maximum absolute atomic E-state index is 10.9. The zero-order chi connectivity index (χ0) is 8.55. The van der Waals surface area contributed by atoms with Gasteiger partial charge >= 0.3 is 0 Å². The van der Waals surface area contributed by atoms with Gasteiger partial charge in [-0.05, 0) is 0 Å². The molecule has 2 rings (SSSR count). The van der Waals surface area contributed by atoms with Crippen LogP contribution in [0.25, 0.3) is 0 Å². The standard InChI is InChI=1S/C8H7NO2S/c10-6-3-5-8(4-7(6)11)12-2-1-9-5/h3-4,9H,1-2H2. The molecule has 0 spiro atoms. The fraction of sp³-hybridized carbons (Fsp3) is 0.250. The molecule has 0 atom stereocenters. The molecule has 0 aromatic rings. The summed E-state index contributed by atoms with van der Waals surface area (Å²) in [6.45, 7) is 0.856. The molecular weight excluding hydrogens is 174 g/mol. The predicted molar refractivity (Wildman–Crippen MR) is 46.6 cm³/mol. The molecule has 12 heavy (non-hydrogen) atoms. The lowest BCUT2D eigenvalue weighted by Crippen LogP contribution is -2.27. The highest BCUT2D eigenvalue weighted by Gasteiger charge is 2.22. The Kier molecular flexibility index (Phi) is 1.77. The fourth-order valence-electron chi connectivity index (χ4n) is 1.15. The molecule has 0 saturated carbocycles. The van der Waals surface area contributed by atoms with Crippen LogP contribution in [0, 0.1) is 0 Å². The van der Waals surface area contributed by atoms with E-state index in [2.05, 4.69) is 5.32 Å². The molecule has 0 radical (unpaired) electrons. The number of fused-ring (bicyclic) bond motifs is 1. The van der Waals surface area contributed by atoms with Gasteiger partial charge in [0, 0.05) is 29.4 Å². The Morgan fingerprint density at radius 3 is 2.83 bits per heavy atom. The number of ketones is 2. The van der Waals surface area contributed by atoms with E-state index < -0.39 is 11.6 Å². The third-order valence-corrected chi connectivity index (χ3v) is 2.78. The highest BCUT2D eigenvalue weighted by Crippen LogP contribution is 2.27. The second-order valence-electron chi connectivity index (χ2n) is 2.57. The maximum Gasteiger partial charge on any atom is 0.227 e. The summed E-state index contributed by atoms with van der Waals surface area (Å²) in [5.41, 5.74) is 0.802. The molecule has 0 aromatic carbocycles. The number of thioether (sulfide) groups is 1. The van der Waals surface area contributed by atoms with Gasteiger partial charge in [0.2, 0.25) is 11.6 Å². The molecule has 0 amide bonds. The van der Waals surface area contributed by atoms with E-state index in [0.29, 0.717) is 0 Å². The molecule has 1 saturated heterocycles. The minimum Gasteiger partial charge on any atom is -0.383 e. The molecule has 0 bridgehead atoms. The largest absolute Gasteiger partial charge is 0.383 e. The minimum absolute atomic E-state index is 0.412. The van der Waals surface area contributed by atoms with E-state index in [-0.39, 0.29) is 0 Å². The van der Waals surface area contributed by atoms with Gasteiger partial charge in [-0.2, -0.15) is 0 Å². The number of carbonyl (C=O) groups excluding carboxylic acids is 2. The Balaban J connectivity index is 2.35. The zero-order valence-electron chi connectivity index (χ0n) is 6.29. The molecule has 2 aliphatic rings. The molecule has 1 aliphatic carbocycles. The number of carbonyl (C=O) groups is 2. The first-order valence-corrected chi connectivity index (χ1v) is 4.64. The van der Waals surface area contributed by atoms with Crippen LogP contribution in [0.2, 0.25) is 0 Å². The normalized spacial score (nSPS) is 22.3. The summed E-state index contributed by atoms with van der Waals surface area (Å²) in [6, 6.07) is 0. The molecule has 1 heterocycles. The van der Waals surface area contributed by atoms with E-state index in [1.54, 1.807) is 11.8 Å². The Morgan fingerprint density at radius 1 is 1.25 bits per heavy atom. The van der Waals surface area contributed by atoms with Crippen molar-refractivity contribution in [3.63, 3.8) is 0 Å². The van der Waals surface area contributed by atoms with Gasteiger partial charge in [-0.3, -0.25) is 9.59 Å². The first kappa shape index (κ1) is 7.61. The molecule has 1 fully saturated rings. The Bertz CT molecular complexity index is 285. The van der Waals surface area contributed by atoms with Gasteiger partial charge in [0.25, 0.3) is 0 Å². The summed E-state index contributed by atoms with van der Waals surface area (Å²) in [6.07, 6.45) is 2.79. The van der Waals surface area contributed by atoms with Crippen molar-refractivity contribution in [3.05, 3.63) is 22.8 Å². The monoisotopic (exact) mass is 181 g/mol. The SMILES string of the molecule is O=C1C=C2NCCSC2=CC1=O. The highest BCUT2D eigenvalue weighted by molar-refractivity contribution is 8.03. The van der Waals surface area contributed by atoms with Gasteiger partial charge in [-0.1, -0.05) is 0 Å². The van der Waals surface area contributed by atoms with Crippen molar-refractivity contribution in [1.82, 2.24) is 5.32 Å². The molecule has 62 valence electrons. The van der Waals surface area contributed by atoms with Crippen LogP contribution in [0.1, 0.15) is 0 Å². The van der Waals surface area contributed by atoms with E-state index in [1.807, 2.05) is 0 Å². The number of rotatable bonds is 0. The summed E-state index contributed by atoms with van der Waals surface area (Å²) in [5, 5.41) is 3.07. The van der Waals surface area contributed by atoms with Crippen molar-refractivity contribution in [1.29, 1.82) is 0 Å². The van der Waals surface area contributed by atoms with Gasteiger partial charge in [0.15, 0.2) is 0 Å². The summed E-state index contributed by atoms with van der Waals surface area (Å²) < 4.78 is 0. The number of nitrogens with one attached hydrogen (secondary N) is 1. The topological polar surface area (TPSA) is 46.2 Å². The highest BCUT2D eigenvalue weighted by atomic mass is 32.2. The third kappa shape index (κ3) is 1.18. The van der Waals surface area contributed by atoms with Crippen LogP contribution < -0.4 is 5.32 Å². The molecule has 1 N–H and O–H groups in total. The van der Waals surface area contributed by atoms with E-state index in [9.17, 15) is 9.59 Å². The van der Waals surface area contributed by atoms with Crippen molar-refractivity contribution in [2.24, 2.45) is 0 Å². The van der Waals surface area contributed by atoms with Gasteiger partial charge in [-0.25, -0.2) is 0 Å². The molecule has 3 nitrogen and oxygen atoms in total. The van der Waals surface area contributed by atoms with Crippen LogP contribution in [0.5, 0.6) is 0 Å². The zero-order valence-corrected chi connectivity index (χ0v) is 7.11. The van der Waals surface area contributed by atoms with E-state index in [1.165, 1.54) is 12.2 Å². The molecule has 0 unspecified atom stereocenters. The quantitative estimate of drug-likeness (QED) is 0.429. The lowest BCUT2D eigenvalue weighted by atomic mass is 10.1. The second-order valence-corrected chi connectivity index (χ2v) is 3.71. The van der Waals surface area contributed by atoms with Crippen LogP contribution in [0.15, 0.2) is 22.8 Å². The summed E-state index contributed by atoms with van der Waals surface area (Å²) in [7, 11) is 0. The minimum atomic E-state index is -0.427. The van der Waals surface area contributed by atoms with Crippen LogP contribution in [0.4, 0.5) is 0 Å². The Hall–Kier alpha value is -1.03. The average Bonchev–Trinajstić information content (AvgIpc) is 2.07. The molecule has 1 aliphatic heterocycles. The summed E-state index contributed by atoms with van der Waals surface area (Å²) in [4.78, 5) is 22.8. The van der Waals surface area contributed by atoms with Crippen LogP contribution >= 0.6 is 11.8 Å². The van der Waals surface area contributed by atoms with Crippen LogP contribution in [-0.2, 0) is 9.59 Å².